The molecule has 2 heteroatoms. The molecule has 1 aromatic carbocycles. The number of rotatable bonds is 1. The van der Waals surface area contributed by atoms with Crippen molar-refractivity contribution < 1.29 is 4.42 Å². The van der Waals surface area contributed by atoms with E-state index in [9.17, 15) is 4.79 Å². The van der Waals surface area contributed by atoms with E-state index in [1.807, 2.05) is 54.6 Å². The summed E-state index contributed by atoms with van der Waals surface area (Å²) in [7, 11) is 0. The smallest absolute Gasteiger partial charge is 0.352 e. The first-order valence-corrected chi connectivity index (χ1v) is 7.29. The molecule has 0 N–H and O–H groups in total. The molecule has 1 aromatic rings. The van der Waals surface area contributed by atoms with Gasteiger partial charge in [-0.25, -0.2) is 4.79 Å². The van der Waals surface area contributed by atoms with Gasteiger partial charge in [-0.2, -0.15) is 0 Å². The van der Waals surface area contributed by atoms with Crippen molar-refractivity contribution in [3.63, 3.8) is 0 Å². The van der Waals surface area contributed by atoms with Crippen LogP contribution in [-0.4, -0.2) is 0 Å². The largest absolute Gasteiger partial charge is 0.422 e. The van der Waals surface area contributed by atoms with E-state index >= 15 is 0 Å². The van der Waals surface area contributed by atoms with Crippen LogP contribution < -0.4 is 5.63 Å². The fourth-order valence-corrected chi connectivity index (χ4v) is 2.30. The monoisotopic (exact) mass is 288 g/mol. The van der Waals surface area contributed by atoms with Crippen molar-refractivity contribution in [2.75, 3.05) is 0 Å². The highest BCUT2D eigenvalue weighted by atomic mass is 16.4. The zero-order valence-corrected chi connectivity index (χ0v) is 12.6. The molecular formula is C20H16O2. The minimum atomic E-state index is -0.376. The maximum Gasteiger partial charge on any atom is 0.352 e. The van der Waals surface area contributed by atoms with Gasteiger partial charge in [0.25, 0.3) is 0 Å². The molecule has 108 valence electrons. The second kappa shape index (κ2) is 5.91. The first kappa shape index (κ1) is 14.2. The van der Waals surface area contributed by atoms with Crippen LogP contribution in [0.1, 0.15) is 36.5 Å². The van der Waals surface area contributed by atoms with Gasteiger partial charge in [-0.1, -0.05) is 56.0 Å². The summed E-state index contributed by atoms with van der Waals surface area (Å²) >= 11 is 0. The van der Waals surface area contributed by atoms with Crippen LogP contribution in [-0.2, 0) is 0 Å². The van der Waals surface area contributed by atoms with Crippen molar-refractivity contribution in [1.29, 1.82) is 0 Å². The summed E-state index contributed by atoms with van der Waals surface area (Å²) in [5, 5.41) is 0. The van der Waals surface area contributed by atoms with Crippen LogP contribution in [0.25, 0.3) is 11.3 Å². The van der Waals surface area contributed by atoms with E-state index in [0.29, 0.717) is 17.2 Å². The quantitative estimate of drug-likeness (QED) is 0.626. The van der Waals surface area contributed by atoms with Gasteiger partial charge in [-0.3, -0.25) is 0 Å². The molecule has 0 fully saturated rings. The van der Waals surface area contributed by atoms with Gasteiger partial charge in [0, 0.05) is 11.1 Å². The summed E-state index contributed by atoms with van der Waals surface area (Å²) < 4.78 is 5.32. The molecule has 0 spiro atoms. The summed E-state index contributed by atoms with van der Waals surface area (Å²) in [5.41, 5.74) is 2.86. The molecule has 0 radical (unpaired) electrons. The minimum Gasteiger partial charge on any atom is -0.422 e. The first-order valence-electron chi connectivity index (χ1n) is 7.29. The third kappa shape index (κ3) is 2.80. The highest BCUT2D eigenvalue weighted by Gasteiger charge is 2.16. The Morgan fingerprint density at radius 1 is 0.955 bits per heavy atom. The normalized spacial score (nSPS) is 10.5. The fourth-order valence-electron chi connectivity index (χ4n) is 2.30. The molecule has 1 aliphatic carbocycles. The second-order valence-electron chi connectivity index (χ2n) is 5.48. The number of hydrogen-bond donors (Lipinski definition) is 0. The molecule has 0 amide bonds. The summed E-state index contributed by atoms with van der Waals surface area (Å²) in [6.45, 7) is 4.24. The van der Waals surface area contributed by atoms with Crippen LogP contribution in [0.2, 0.25) is 0 Å². The fraction of sp³-hybridized carbons (Fsp3) is 0.150. The Hall–Kier alpha value is -2.79. The molecule has 0 bridgehead atoms. The van der Waals surface area contributed by atoms with Crippen LogP contribution in [0.4, 0.5) is 0 Å². The summed E-state index contributed by atoms with van der Waals surface area (Å²) in [5.74, 6) is 6.95. The first-order chi connectivity index (χ1) is 10.6. The van der Waals surface area contributed by atoms with Gasteiger partial charge in [0.1, 0.15) is 11.3 Å². The number of hydrogen-bond acceptors (Lipinski definition) is 2. The van der Waals surface area contributed by atoms with E-state index in [1.165, 1.54) is 0 Å². The van der Waals surface area contributed by atoms with E-state index < -0.39 is 0 Å². The molecule has 0 atom stereocenters. The van der Waals surface area contributed by atoms with Crippen molar-refractivity contribution in [3.05, 3.63) is 81.7 Å². The van der Waals surface area contributed by atoms with Crippen LogP contribution in [0.15, 0.2) is 63.8 Å². The van der Waals surface area contributed by atoms with E-state index in [2.05, 4.69) is 25.7 Å². The molecule has 0 saturated heterocycles. The van der Waals surface area contributed by atoms with Crippen molar-refractivity contribution in [3.8, 4) is 23.2 Å². The maximum atomic E-state index is 12.1. The summed E-state index contributed by atoms with van der Waals surface area (Å²) in [6, 6.07) is 17.4. The molecule has 2 nitrogen and oxygen atoms in total. The molecule has 1 heterocycles. The van der Waals surface area contributed by atoms with Crippen LogP contribution in [0, 0.1) is 11.8 Å². The maximum absolute atomic E-state index is 12.1. The Kier molecular flexibility index (Phi) is 3.80. The van der Waals surface area contributed by atoms with Crippen molar-refractivity contribution in [2.24, 2.45) is 0 Å². The summed E-state index contributed by atoms with van der Waals surface area (Å²) in [4.78, 5) is 12.1. The lowest BCUT2D eigenvalue weighted by Gasteiger charge is -2.01. The number of benzene rings is 1. The van der Waals surface area contributed by atoms with Crippen LogP contribution >= 0.6 is 0 Å². The van der Waals surface area contributed by atoms with Gasteiger partial charge in [0.2, 0.25) is 0 Å². The Labute approximate surface area is 129 Å². The lowest BCUT2D eigenvalue weighted by Crippen LogP contribution is -1.96. The van der Waals surface area contributed by atoms with Crippen molar-refractivity contribution >= 4 is 0 Å². The van der Waals surface area contributed by atoms with Gasteiger partial charge in [-0.15, -0.1) is 0 Å². The zero-order chi connectivity index (χ0) is 15.5. The van der Waals surface area contributed by atoms with E-state index in [-0.39, 0.29) is 5.63 Å². The van der Waals surface area contributed by atoms with Crippen molar-refractivity contribution in [1.82, 2.24) is 0 Å². The lowest BCUT2D eigenvalue weighted by molar-refractivity contribution is 0.544. The standard InChI is InChI=1S/C20H16O2/c1-14(2)16-9-6-10-19-18(13-16)17(20(21)22-19)12-11-15-7-4-3-5-8-15/h3-10,13-14H,1-2H3. The SMILES string of the molecule is CC(C)c1cccc2oc(=O)c(C#Cc3ccccc3)c-2c1. The minimum absolute atomic E-state index is 0.371. The molecule has 0 saturated carbocycles. The predicted octanol–water partition coefficient (Wildman–Crippen LogP) is 4.27. The topological polar surface area (TPSA) is 30.2 Å². The predicted molar refractivity (Wildman–Crippen MR) is 88.1 cm³/mol. The number of fused-ring (bicyclic) bond motifs is 1. The third-order valence-corrected chi connectivity index (χ3v) is 3.56. The van der Waals surface area contributed by atoms with Gasteiger partial charge in [-0.05, 0) is 35.7 Å². The van der Waals surface area contributed by atoms with Gasteiger partial charge in [0.15, 0.2) is 0 Å². The molecule has 1 aliphatic heterocycles. The Morgan fingerprint density at radius 3 is 2.45 bits per heavy atom. The average molecular weight is 288 g/mol. The summed E-state index contributed by atoms with van der Waals surface area (Å²) in [6.07, 6.45) is 0. The molecule has 0 unspecified atom stereocenters. The molecule has 2 aliphatic rings. The molecule has 3 rings (SSSR count). The van der Waals surface area contributed by atoms with Gasteiger partial charge >= 0.3 is 5.63 Å². The Bertz CT molecular complexity index is 877. The number of furan rings is 1. The van der Waals surface area contributed by atoms with Crippen LogP contribution in [0.5, 0.6) is 0 Å². The second-order valence-corrected chi connectivity index (χ2v) is 5.48. The van der Waals surface area contributed by atoms with E-state index in [4.69, 9.17) is 4.42 Å². The van der Waals surface area contributed by atoms with Gasteiger partial charge in [0.05, 0.1) is 0 Å². The molecule has 0 aromatic heterocycles. The Balaban J connectivity index is 2.15. The lowest BCUT2D eigenvalue weighted by atomic mass is 10.0. The van der Waals surface area contributed by atoms with Crippen molar-refractivity contribution in [2.45, 2.75) is 19.8 Å². The molecular weight excluding hydrogens is 272 g/mol. The highest BCUT2D eigenvalue weighted by molar-refractivity contribution is 5.69. The van der Waals surface area contributed by atoms with E-state index in [1.54, 1.807) is 0 Å². The van der Waals surface area contributed by atoms with Gasteiger partial charge < -0.3 is 4.42 Å². The van der Waals surface area contributed by atoms with E-state index in [0.717, 1.165) is 16.7 Å². The average Bonchev–Trinajstić information content (AvgIpc) is 2.68. The zero-order valence-electron chi connectivity index (χ0n) is 12.6. The third-order valence-electron chi connectivity index (χ3n) is 3.56. The Morgan fingerprint density at radius 2 is 1.73 bits per heavy atom. The molecule has 22 heavy (non-hydrogen) atoms. The van der Waals surface area contributed by atoms with Crippen LogP contribution in [0.3, 0.4) is 0 Å². The highest BCUT2D eigenvalue weighted by Crippen LogP contribution is 2.26.